The summed E-state index contributed by atoms with van der Waals surface area (Å²) < 4.78 is 0. The van der Waals surface area contributed by atoms with E-state index < -0.39 is 0 Å². The van der Waals surface area contributed by atoms with Crippen molar-refractivity contribution in [1.29, 1.82) is 0 Å². The average Bonchev–Trinajstić information content (AvgIpc) is 3.02. The monoisotopic (exact) mass is 316 g/mol. The van der Waals surface area contributed by atoms with Crippen molar-refractivity contribution < 1.29 is 4.79 Å². The molecule has 0 N–H and O–H groups in total. The predicted octanol–water partition coefficient (Wildman–Crippen LogP) is 2.61. The van der Waals surface area contributed by atoms with Crippen LogP contribution in [-0.2, 0) is 10.2 Å². The molecular formula is C18H28N4O. The molecule has 0 aromatic carbocycles. The number of nitrogens with zero attached hydrogens (tertiary/aromatic N) is 4. The fourth-order valence-corrected chi connectivity index (χ4v) is 3.49. The number of piperazine rings is 1. The molecule has 1 saturated heterocycles. The Morgan fingerprint density at radius 2 is 1.96 bits per heavy atom. The van der Waals surface area contributed by atoms with Crippen molar-refractivity contribution in [2.24, 2.45) is 5.92 Å². The van der Waals surface area contributed by atoms with Gasteiger partial charge in [0.15, 0.2) is 0 Å². The van der Waals surface area contributed by atoms with E-state index in [0.717, 1.165) is 37.2 Å². The van der Waals surface area contributed by atoms with Gasteiger partial charge in [0.1, 0.15) is 11.6 Å². The Labute approximate surface area is 139 Å². The Morgan fingerprint density at radius 1 is 1.22 bits per heavy atom. The Hall–Kier alpha value is -1.65. The molecular weight excluding hydrogens is 288 g/mol. The van der Waals surface area contributed by atoms with E-state index in [2.05, 4.69) is 40.5 Å². The molecule has 0 radical (unpaired) electrons. The molecule has 1 saturated carbocycles. The molecule has 1 aliphatic carbocycles. The van der Waals surface area contributed by atoms with E-state index in [1.165, 1.54) is 25.7 Å². The minimum Gasteiger partial charge on any atom is -0.345 e. The van der Waals surface area contributed by atoms with Gasteiger partial charge in [0.2, 0.25) is 5.91 Å². The topological polar surface area (TPSA) is 49.3 Å². The first-order chi connectivity index (χ1) is 10.9. The van der Waals surface area contributed by atoms with Crippen LogP contribution < -0.4 is 4.90 Å². The Kier molecular flexibility index (Phi) is 4.55. The van der Waals surface area contributed by atoms with Gasteiger partial charge >= 0.3 is 0 Å². The molecule has 5 heteroatoms. The van der Waals surface area contributed by atoms with Crippen LogP contribution in [0.15, 0.2) is 12.3 Å². The van der Waals surface area contributed by atoms with Gasteiger partial charge in [-0.05, 0) is 24.8 Å². The summed E-state index contributed by atoms with van der Waals surface area (Å²) in [7, 11) is 0. The van der Waals surface area contributed by atoms with E-state index in [1.807, 2.05) is 6.07 Å². The third kappa shape index (κ3) is 3.82. The number of aromatic nitrogens is 2. The predicted molar refractivity (Wildman–Crippen MR) is 91.5 cm³/mol. The largest absolute Gasteiger partial charge is 0.345 e. The van der Waals surface area contributed by atoms with Crippen LogP contribution in [0.1, 0.15) is 52.3 Å². The lowest BCUT2D eigenvalue weighted by atomic mass is 9.96. The first-order valence-corrected chi connectivity index (χ1v) is 8.80. The number of rotatable bonds is 3. The summed E-state index contributed by atoms with van der Waals surface area (Å²) in [6, 6.07) is 1.91. The summed E-state index contributed by atoms with van der Waals surface area (Å²) in [6.07, 6.45) is 7.03. The van der Waals surface area contributed by atoms with Crippen molar-refractivity contribution in [3.63, 3.8) is 0 Å². The zero-order valence-corrected chi connectivity index (χ0v) is 14.6. The summed E-state index contributed by atoms with van der Waals surface area (Å²) in [6.45, 7) is 9.38. The maximum Gasteiger partial charge on any atom is 0.242 e. The van der Waals surface area contributed by atoms with Crippen LogP contribution in [0.2, 0.25) is 0 Å². The van der Waals surface area contributed by atoms with Crippen LogP contribution >= 0.6 is 0 Å². The molecule has 23 heavy (non-hydrogen) atoms. The Balaban J connectivity index is 1.64. The van der Waals surface area contributed by atoms with Gasteiger partial charge in [0.25, 0.3) is 0 Å². The Morgan fingerprint density at radius 3 is 2.61 bits per heavy atom. The van der Waals surface area contributed by atoms with Crippen LogP contribution in [0.5, 0.6) is 0 Å². The second-order valence-electron chi connectivity index (χ2n) is 7.90. The van der Waals surface area contributed by atoms with Gasteiger partial charge in [0.05, 0.1) is 6.54 Å². The van der Waals surface area contributed by atoms with Crippen LogP contribution in [0.4, 0.5) is 5.82 Å². The van der Waals surface area contributed by atoms with Crippen molar-refractivity contribution >= 4 is 11.7 Å². The summed E-state index contributed by atoms with van der Waals surface area (Å²) in [5, 5.41) is 0. The molecule has 0 unspecified atom stereocenters. The van der Waals surface area contributed by atoms with E-state index in [1.54, 1.807) is 6.20 Å². The van der Waals surface area contributed by atoms with Crippen LogP contribution in [-0.4, -0.2) is 47.0 Å². The molecule has 126 valence electrons. The summed E-state index contributed by atoms with van der Waals surface area (Å²) >= 11 is 0. The lowest BCUT2D eigenvalue weighted by molar-refractivity contribution is -0.131. The fraction of sp³-hybridized carbons (Fsp3) is 0.722. The fourth-order valence-electron chi connectivity index (χ4n) is 3.49. The normalized spacial score (nSPS) is 20.4. The molecule has 1 aromatic heterocycles. The number of amides is 1. The van der Waals surface area contributed by atoms with Gasteiger partial charge in [-0.3, -0.25) is 4.79 Å². The molecule has 1 amide bonds. The number of anilines is 1. The highest BCUT2D eigenvalue weighted by Gasteiger charge is 2.28. The van der Waals surface area contributed by atoms with Gasteiger partial charge in [-0.25, -0.2) is 9.97 Å². The van der Waals surface area contributed by atoms with Gasteiger partial charge in [-0.2, -0.15) is 0 Å². The summed E-state index contributed by atoms with van der Waals surface area (Å²) in [5.41, 5.74) is -0.0791. The van der Waals surface area contributed by atoms with Crippen LogP contribution in [0.25, 0.3) is 0 Å². The molecule has 3 rings (SSSR count). The molecule has 0 spiro atoms. The van der Waals surface area contributed by atoms with Crippen molar-refractivity contribution in [3.05, 3.63) is 18.1 Å². The van der Waals surface area contributed by atoms with Crippen molar-refractivity contribution in [2.75, 3.05) is 31.1 Å². The lowest BCUT2D eigenvalue weighted by Gasteiger charge is -2.36. The second-order valence-corrected chi connectivity index (χ2v) is 7.90. The highest BCUT2D eigenvalue weighted by molar-refractivity contribution is 5.82. The third-order valence-corrected chi connectivity index (χ3v) is 4.91. The van der Waals surface area contributed by atoms with E-state index in [4.69, 9.17) is 0 Å². The lowest BCUT2D eigenvalue weighted by Crippen LogP contribution is -2.51. The van der Waals surface area contributed by atoms with E-state index >= 15 is 0 Å². The molecule has 2 fully saturated rings. The number of carbonyl (C=O) groups excluding carboxylic acids is 1. The zero-order valence-electron chi connectivity index (χ0n) is 14.6. The van der Waals surface area contributed by atoms with Gasteiger partial charge in [-0.15, -0.1) is 0 Å². The first kappa shape index (κ1) is 16.2. The van der Waals surface area contributed by atoms with E-state index in [-0.39, 0.29) is 11.3 Å². The van der Waals surface area contributed by atoms with Gasteiger partial charge in [0, 0.05) is 31.2 Å². The summed E-state index contributed by atoms with van der Waals surface area (Å²) in [4.78, 5) is 25.7. The summed E-state index contributed by atoms with van der Waals surface area (Å²) in [5.74, 6) is 2.66. The highest BCUT2D eigenvalue weighted by Crippen LogP contribution is 2.26. The number of hydrogen-bond acceptors (Lipinski definition) is 4. The minimum atomic E-state index is -0.0791. The smallest absolute Gasteiger partial charge is 0.242 e. The average molecular weight is 316 g/mol. The Bertz CT molecular complexity index is 560. The molecule has 2 heterocycles. The molecule has 1 aliphatic heterocycles. The zero-order chi connectivity index (χ0) is 16.4. The number of carbonyl (C=O) groups is 1. The standard InChI is InChI=1S/C18H28N4O/c1-18(2,3)17-19-9-8-15(20-17)21-10-11-22(16(23)13-21)12-14-6-4-5-7-14/h8-9,14H,4-7,10-13H2,1-3H3. The molecule has 0 bridgehead atoms. The molecule has 0 atom stereocenters. The van der Waals surface area contributed by atoms with Crippen LogP contribution in [0.3, 0.4) is 0 Å². The molecule has 2 aliphatic rings. The molecule has 1 aromatic rings. The first-order valence-electron chi connectivity index (χ1n) is 8.80. The molecule has 5 nitrogen and oxygen atoms in total. The minimum absolute atomic E-state index is 0.0791. The van der Waals surface area contributed by atoms with Crippen molar-refractivity contribution in [1.82, 2.24) is 14.9 Å². The number of hydrogen-bond donors (Lipinski definition) is 0. The van der Waals surface area contributed by atoms with Crippen LogP contribution in [0, 0.1) is 5.92 Å². The van der Waals surface area contributed by atoms with Gasteiger partial charge in [-0.1, -0.05) is 33.6 Å². The van der Waals surface area contributed by atoms with Gasteiger partial charge < -0.3 is 9.80 Å². The second kappa shape index (κ2) is 6.46. The quantitative estimate of drug-likeness (QED) is 0.860. The third-order valence-electron chi connectivity index (χ3n) is 4.91. The maximum atomic E-state index is 12.5. The SMILES string of the molecule is CC(C)(C)c1nccc(N2CCN(CC3CCCC3)C(=O)C2)n1. The van der Waals surface area contributed by atoms with Crippen molar-refractivity contribution in [2.45, 2.75) is 51.9 Å². The maximum absolute atomic E-state index is 12.5. The highest BCUT2D eigenvalue weighted by atomic mass is 16.2. The van der Waals surface area contributed by atoms with E-state index in [9.17, 15) is 4.79 Å². The van der Waals surface area contributed by atoms with Crippen molar-refractivity contribution in [3.8, 4) is 0 Å². The van der Waals surface area contributed by atoms with E-state index in [0.29, 0.717) is 6.54 Å².